The number of hydrogen-bond donors (Lipinski definition) is 1. The third-order valence-corrected chi connectivity index (χ3v) is 5.82. The van der Waals surface area contributed by atoms with E-state index < -0.39 is 0 Å². The Balaban J connectivity index is 1.81. The molecule has 21 heavy (non-hydrogen) atoms. The zero-order chi connectivity index (χ0) is 14.8. The molecule has 0 spiro atoms. The van der Waals surface area contributed by atoms with Gasteiger partial charge in [-0.25, -0.2) is 4.98 Å². The Morgan fingerprint density at radius 1 is 1.57 bits per heavy atom. The van der Waals surface area contributed by atoms with Crippen LogP contribution in [0, 0.1) is 5.92 Å². The van der Waals surface area contributed by atoms with E-state index in [4.69, 9.17) is 5.73 Å². The first-order valence-electron chi connectivity index (χ1n) is 7.20. The first-order chi connectivity index (χ1) is 10.2. The number of amides is 1. The summed E-state index contributed by atoms with van der Waals surface area (Å²) < 4.78 is 0. The number of carbonyl (C=O) groups excluding carboxylic acids is 1. The highest BCUT2D eigenvalue weighted by Gasteiger charge is 2.32. The monoisotopic (exact) mass is 321 g/mol. The number of thiophene rings is 1. The molecule has 2 aromatic rings. The number of rotatable bonds is 3. The van der Waals surface area contributed by atoms with Crippen molar-refractivity contribution in [3.63, 3.8) is 0 Å². The summed E-state index contributed by atoms with van der Waals surface area (Å²) in [5, 5.41) is 4.99. The van der Waals surface area contributed by atoms with Crippen LogP contribution < -0.4 is 5.73 Å². The van der Waals surface area contributed by atoms with Gasteiger partial charge in [-0.3, -0.25) is 4.79 Å². The van der Waals surface area contributed by atoms with Crippen molar-refractivity contribution in [2.75, 3.05) is 13.1 Å². The molecule has 112 valence electrons. The predicted molar refractivity (Wildman–Crippen MR) is 87.7 cm³/mol. The van der Waals surface area contributed by atoms with Gasteiger partial charge >= 0.3 is 0 Å². The quantitative estimate of drug-likeness (QED) is 0.945. The molecule has 1 amide bonds. The second-order valence-electron chi connectivity index (χ2n) is 5.46. The number of hydrogen-bond acceptors (Lipinski definition) is 5. The second kappa shape index (κ2) is 6.25. The largest absolute Gasteiger partial charge is 0.333 e. The van der Waals surface area contributed by atoms with E-state index in [2.05, 4.69) is 17.3 Å². The molecule has 2 unspecified atom stereocenters. The predicted octanol–water partition coefficient (Wildman–Crippen LogP) is 3.07. The molecule has 1 aliphatic rings. The normalized spacial score (nSPS) is 22.5. The molecule has 1 saturated heterocycles. The molecule has 3 rings (SSSR count). The van der Waals surface area contributed by atoms with Crippen molar-refractivity contribution in [3.05, 3.63) is 27.9 Å². The Hall–Kier alpha value is -1.24. The van der Waals surface area contributed by atoms with Crippen molar-refractivity contribution in [2.24, 2.45) is 11.7 Å². The number of likely N-dealkylation sites (tertiary alicyclic amines) is 1. The van der Waals surface area contributed by atoms with Crippen LogP contribution in [0.4, 0.5) is 0 Å². The lowest BCUT2D eigenvalue weighted by Gasteiger charge is -2.39. The Kier molecular flexibility index (Phi) is 4.37. The summed E-state index contributed by atoms with van der Waals surface area (Å²) in [5.74, 6) is 0.549. The lowest BCUT2D eigenvalue weighted by molar-refractivity contribution is 0.0537. The zero-order valence-electron chi connectivity index (χ0n) is 12.0. The molecule has 0 aliphatic carbocycles. The lowest BCUT2D eigenvalue weighted by Crippen LogP contribution is -2.51. The van der Waals surface area contributed by atoms with Crippen LogP contribution >= 0.6 is 22.7 Å². The van der Waals surface area contributed by atoms with Crippen molar-refractivity contribution < 1.29 is 4.79 Å². The molecule has 6 heteroatoms. The number of thiazole rings is 1. The van der Waals surface area contributed by atoms with Gasteiger partial charge in [0.2, 0.25) is 0 Å². The van der Waals surface area contributed by atoms with Crippen molar-refractivity contribution in [2.45, 2.75) is 25.8 Å². The van der Waals surface area contributed by atoms with Crippen LogP contribution in [0.5, 0.6) is 0 Å². The maximum atomic E-state index is 12.7. The second-order valence-corrected chi connectivity index (χ2v) is 7.27. The summed E-state index contributed by atoms with van der Waals surface area (Å²) in [6.07, 6.45) is 3.90. The van der Waals surface area contributed by atoms with Crippen molar-refractivity contribution in [1.29, 1.82) is 0 Å². The maximum absolute atomic E-state index is 12.7. The molecule has 4 nitrogen and oxygen atoms in total. The molecule has 2 aromatic heterocycles. The average molecular weight is 321 g/mol. The fourth-order valence-electron chi connectivity index (χ4n) is 2.89. The Labute approximate surface area is 132 Å². The molecule has 1 aliphatic heterocycles. The van der Waals surface area contributed by atoms with Crippen LogP contribution in [0.1, 0.15) is 29.4 Å². The van der Waals surface area contributed by atoms with E-state index >= 15 is 0 Å². The van der Waals surface area contributed by atoms with Gasteiger partial charge in [0.1, 0.15) is 9.88 Å². The number of nitrogens with zero attached hydrogens (tertiary/aromatic N) is 2. The molecule has 3 heterocycles. The van der Waals surface area contributed by atoms with Gasteiger partial charge in [-0.2, -0.15) is 11.3 Å². The third-order valence-electron chi connectivity index (χ3n) is 4.10. The number of aromatic nitrogens is 1. The summed E-state index contributed by atoms with van der Waals surface area (Å²) in [4.78, 5) is 19.8. The number of nitrogens with two attached hydrogens (primary N) is 1. The van der Waals surface area contributed by atoms with E-state index in [1.807, 2.05) is 16.3 Å². The van der Waals surface area contributed by atoms with Crippen molar-refractivity contribution >= 4 is 28.6 Å². The van der Waals surface area contributed by atoms with Crippen LogP contribution in [0.2, 0.25) is 0 Å². The van der Waals surface area contributed by atoms with Crippen LogP contribution in [0.25, 0.3) is 10.6 Å². The van der Waals surface area contributed by atoms with Gasteiger partial charge in [0.15, 0.2) is 0 Å². The van der Waals surface area contributed by atoms with E-state index in [9.17, 15) is 4.79 Å². The molecular formula is C15H19N3OS2. The average Bonchev–Trinajstić information content (AvgIpc) is 3.16. The van der Waals surface area contributed by atoms with Crippen LogP contribution in [0.3, 0.4) is 0 Å². The number of piperidine rings is 1. The van der Waals surface area contributed by atoms with Crippen LogP contribution in [0.15, 0.2) is 23.0 Å². The van der Waals surface area contributed by atoms with Gasteiger partial charge in [-0.1, -0.05) is 6.92 Å². The summed E-state index contributed by atoms with van der Waals surface area (Å²) in [6, 6.07) is 2.18. The summed E-state index contributed by atoms with van der Waals surface area (Å²) >= 11 is 3.11. The van der Waals surface area contributed by atoms with E-state index in [-0.39, 0.29) is 11.9 Å². The molecule has 2 N–H and O–H groups in total. The first kappa shape index (κ1) is 14.7. The Morgan fingerprint density at radius 2 is 2.43 bits per heavy atom. The maximum Gasteiger partial charge on any atom is 0.265 e. The van der Waals surface area contributed by atoms with E-state index in [1.165, 1.54) is 11.3 Å². The SMILES string of the molecule is CC1CCCN(C(=O)c2cnc(-c3ccsc3)s2)C1CN. The molecule has 2 atom stereocenters. The van der Waals surface area contributed by atoms with Crippen LogP contribution in [-0.2, 0) is 0 Å². The number of carbonyl (C=O) groups is 1. The first-order valence-corrected chi connectivity index (χ1v) is 8.96. The van der Waals surface area contributed by atoms with Gasteiger partial charge in [0.05, 0.1) is 6.20 Å². The molecular weight excluding hydrogens is 302 g/mol. The molecule has 0 radical (unpaired) electrons. The zero-order valence-corrected chi connectivity index (χ0v) is 13.6. The standard InChI is InChI=1S/C15H19N3OS2/c1-10-3-2-5-18(12(10)7-16)15(19)13-8-17-14(21-13)11-4-6-20-9-11/h4,6,8-10,12H,2-3,5,7,16H2,1H3. The van der Waals surface area contributed by atoms with Gasteiger partial charge < -0.3 is 10.6 Å². The lowest BCUT2D eigenvalue weighted by atomic mass is 9.90. The van der Waals surface area contributed by atoms with E-state index in [0.29, 0.717) is 17.3 Å². The Bertz CT molecular complexity index is 608. The minimum atomic E-state index is 0.0796. The van der Waals surface area contributed by atoms with Gasteiger partial charge in [-0.05, 0) is 30.2 Å². The van der Waals surface area contributed by atoms with E-state index in [0.717, 1.165) is 30.0 Å². The fourth-order valence-corrected chi connectivity index (χ4v) is 4.48. The highest BCUT2D eigenvalue weighted by atomic mass is 32.1. The minimum absolute atomic E-state index is 0.0796. The topological polar surface area (TPSA) is 59.2 Å². The third kappa shape index (κ3) is 2.88. The highest BCUT2D eigenvalue weighted by Crippen LogP contribution is 2.30. The molecule has 0 saturated carbocycles. The van der Waals surface area contributed by atoms with Gasteiger partial charge in [0.25, 0.3) is 5.91 Å². The van der Waals surface area contributed by atoms with Crippen LogP contribution in [-0.4, -0.2) is 34.9 Å². The molecule has 1 fully saturated rings. The summed E-state index contributed by atoms with van der Waals surface area (Å²) in [5.41, 5.74) is 6.97. The molecule has 0 aromatic carbocycles. The van der Waals surface area contributed by atoms with E-state index in [1.54, 1.807) is 17.5 Å². The van der Waals surface area contributed by atoms with Crippen molar-refractivity contribution in [1.82, 2.24) is 9.88 Å². The van der Waals surface area contributed by atoms with Gasteiger partial charge in [0, 0.05) is 30.1 Å². The minimum Gasteiger partial charge on any atom is -0.333 e. The molecule has 0 bridgehead atoms. The van der Waals surface area contributed by atoms with Crippen molar-refractivity contribution in [3.8, 4) is 10.6 Å². The smallest absolute Gasteiger partial charge is 0.265 e. The fraction of sp³-hybridized carbons (Fsp3) is 0.467. The van der Waals surface area contributed by atoms with Gasteiger partial charge in [-0.15, -0.1) is 11.3 Å². The Morgan fingerprint density at radius 3 is 3.14 bits per heavy atom. The summed E-state index contributed by atoms with van der Waals surface area (Å²) in [7, 11) is 0. The summed E-state index contributed by atoms with van der Waals surface area (Å²) in [6.45, 7) is 3.51. The highest BCUT2D eigenvalue weighted by molar-refractivity contribution is 7.17.